The van der Waals surface area contributed by atoms with E-state index in [0.29, 0.717) is 40.3 Å². The molecule has 5 aromatic rings. The molecule has 0 radical (unpaired) electrons. The minimum atomic E-state index is -0.425. The molecule has 5 rings (SSSR count). The van der Waals surface area contributed by atoms with Gasteiger partial charge in [-0.2, -0.15) is 4.98 Å². The van der Waals surface area contributed by atoms with Gasteiger partial charge in [0, 0.05) is 21.6 Å². The van der Waals surface area contributed by atoms with Gasteiger partial charge in [-0.15, -0.1) is 0 Å². The first kappa shape index (κ1) is 20.7. The predicted octanol–water partition coefficient (Wildman–Crippen LogP) is 5.83. The summed E-state index contributed by atoms with van der Waals surface area (Å²) in [5, 5.41) is 0.858. The normalized spacial score (nSPS) is 11.3. The Morgan fingerprint density at radius 1 is 0.969 bits per heavy atom. The summed E-state index contributed by atoms with van der Waals surface area (Å²) in [6.45, 7) is 0.361. The first-order valence-corrected chi connectivity index (χ1v) is 11.1. The van der Waals surface area contributed by atoms with Gasteiger partial charge in [0.2, 0.25) is 11.1 Å². The number of hydrogen-bond acceptors (Lipinski definition) is 4. The lowest BCUT2D eigenvalue weighted by Gasteiger charge is -2.14. The molecule has 2 aromatic heterocycles. The van der Waals surface area contributed by atoms with E-state index in [1.54, 1.807) is 47.0 Å². The maximum Gasteiger partial charge on any atom is 0.269 e. The third-order valence-corrected chi connectivity index (χ3v) is 6.07. The number of fused-ring (bicyclic) bond motifs is 2. The van der Waals surface area contributed by atoms with Crippen LogP contribution in [0.2, 0.25) is 5.02 Å². The Morgan fingerprint density at radius 3 is 2.47 bits per heavy atom. The van der Waals surface area contributed by atoms with Crippen molar-refractivity contribution in [3.05, 3.63) is 108 Å². The molecule has 0 fully saturated rings. The van der Waals surface area contributed by atoms with Crippen LogP contribution in [0, 0.1) is 0 Å². The summed E-state index contributed by atoms with van der Waals surface area (Å²) < 4.78 is 8.16. The van der Waals surface area contributed by atoms with Crippen molar-refractivity contribution in [1.82, 2.24) is 9.55 Å². The molecule has 2 heterocycles. The van der Waals surface area contributed by atoms with Crippen molar-refractivity contribution in [1.29, 1.82) is 0 Å². The fraction of sp³-hybridized carbons (Fsp3) is 0.0800. The maximum absolute atomic E-state index is 13.6. The number of rotatable bonds is 4. The molecule has 0 saturated carbocycles. The van der Waals surface area contributed by atoms with Crippen LogP contribution in [-0.4, -0.2) is 9.55 Å². The average molecular weight is 508 g/mol. The van der Waals surface area contributed by atoms with Crippen molar-refractivity contribution >= 4 is 49.6 Å². The molecular weight excluding hydrogens is 492 g/mol. The van der Waals surface area contributed by atoms with E-state index in [-0.39, 0.29) is 11.1 Å². The maximum atomic E-state index is 13.6. The lowest BCUT2D eigenvalue weighted by Crippen LogP contribution is -2.28. The third-order valence-electron chi connectivity index (χ3n) is 5.33. The number of benzene rings is 3. The van der Waals surface area contributed by atoms with Crippen LogP contribution in [0.25, 0.3) is 33.5 Å². The van der Waals surface area contributed by atoms with Gasteiger partial charge in [-0.25, -0.2) is 0 Å². The molecule has 0 aliphatic carbocycles. The quantitative estimate of drug-likeness (QED) is 0.287. The van der Waals surface area contributed by atoms with E-state index in [2.05, 4.69) is 20.9 Å². The van der Waals surface area contributed by atoms with E-state index in [1.165, 1.54) is 0 Å². The van der Waals surface area contributed by atoms with Gasteiger partial charge in [0.05, 0.1) is 5.39 Å². The number of halogens is 2. The molecule has 32 heavy (non-hydrogen) atoms. The molecule has 0 spiro atoms. The van der Waals surface area contributed by atoms with E-state index in [4.69, 9.17) is 16.0 Å². The Hall–Kier alpha value is -3.22. The number of aromatic nitrogens is 2. The summed E-state index contributed by atoms with van der Waals surface area (Å²) in [6, 6.07) is 22.0. The smallest absolute Gasteiger partial charge is 0.269 e. The Bertz CT molecular complexity index is 1580. The Balaban J connectivity index is 1.78. The van der Waals surface area contributed by atoms with Gasteiger partial charge in [-0.3, -0.25) is 14.2 Å². The topological polar surface area (TPSA) is 65.1 Å². The summed E-state index contributed by atoms with van der Waals surface area (Å²) in [5.41, 5.74) is 1.37. The fourth-order valence-corrected chi connectivity index (χ4v) is 4.21. The summed E-state index contributed by atoms with van der Waals surface area (Å²) >= 11 is 9.42. The average Bonchev–Trinajstić information content (AvgIpc) is 2.80. The highest BCUT2D eigenvalue weighted by Crippen LogP contribution is 2.24. The van der Waals surface area contributed by atoms with Crippen molar-refractivity contribution in [2.75, 3.05) is 0 Å². The van der Waals surface area contributed by atoms with Crippen molar-refractivity contribution in [3.63, 3.8) is 0 Å². The molecule has 158 valence electrons. The largest absolute Gasteiger partial charge is 0.437 e. The lowest BCUT2D eigenvalue weighted by molar-refractivity contribution is 0.623. The molecule has 0 bridgehead atoms. The molecule has 0 unspecified atom stereocenters. The molecule has 0 atom stereocenters. The van der Waals surface area contributed by atoms with Crippen LogP contribution >= 0.6 is 27.5 Å². The van der Waals surface area contributed by atoms with Crippen molar-refractivity contribution in [3.8, 4) is 11.4 Å². The zero-order chi connectivity index (χ0) is 22.2. The minimum absolute atomic E-state index is 0.0238. The zero-order valence-electron chi connectivity index (χ0n) is 16.7. The Kier molecular flexibility index (Phi) is 5.41. The van der Waals surface area contributed by atoms with Gasteiger partial charge in [-0.05, 0) is 54.4 Å². The van der Waals surface area contributed by atoms with E-state index < -0.39 is 11.0 Å². The molecule has 0 N–H and O–H groups in total. The van der Waals surface area contributed by atoms with E-state index in [1.807, 2.05) is 30.3 Å². The Labute approximate surface area is 196 Å². The standard InChI is InChI=1S/C25H16BrClN2O3/c26-17-8-11-20-19(14-17)22(30)21-24(32-20)28-23(16-6-9-18(27)10-7-16)29(25(21)31)13-12-15-4-2-1-3-5-15/h1-11,14H,12-13H2. The fourth-order valence-electron chi connectivity index (χ4n) is 3.72. The van der Waals surface area contributed by atoms with Gasteiger partial charge < -0.3 is 4.42 Å². The predicted molar refractivity (Wildman–Crippen MR) is 130 cm³/mol. The highest BCUT2D eigenvalue weighted by atomic mass is 79.9. The molecule has 5 nitrogen and oxygen atoms in total. The monoisotopic (exact) mass is 506 g/mol. The molecule has 0 saturated heterocycles. The molecule has 0 aliphatic rings. The van der Waals surface area contributed by atoms with Crippen LogP contribution in [-0.2, 0) is 13.0 Å². The second-order valence-corrected chi connectivity index (χ2v) is 8.74. The van der Waals surface area contributed by atoms with Gasteiger partial charge in [0.25, 0.3) is 5.56 Å². The highest BCUT2D eigenvalue weighted by molar-refractivity contribution is 9.10. The van der Waals surface area contributed by atoms with Crippen LogP contribution in [0.1, 0.15) is 5.56 Å². The molecule has 7 heteroatoms. The highest BCUT2D eigenvalue weighted by Gasteiger charge is 2.19. The third kappa shape index (κ3) is 3.76. The molecule has 3 aromatic carbocycles. The van der Waals surface area contributed by atoms with Crippen LogP contribution in [0.5, 0.6) is 0 Å². The first-order chi connectivity index (χ1) is 15.5. The van der Waals surface area contributed by atoms with Crippen LogP contribution in [0.3, 0.4) is 0 Å². The lowest BCUT2D eigenvalue weighted by atomic mass is 10.1. The van der Waals surface area contributed by atoms with Crippen LogP contribution in [0.4, 0.5) is 0 Å². The molecule has 0 amide bonds. The summed E-state index contributed by atoms with van der Waals surface area (Å²) in [7, 11) is 0. The summed E-state index contributed by atoms with van der Waals surface area (Å²) in [5.74, 6) is 0.426. The van der Waals surface area contributed by atoms with Crippen LogP contribution in [0.15, 0.2) is 91.3 Å². The second-order valence-electron chi connectivity index (χ2n) is 7.39. The number of nitrogens with zero attached hydrogens (tertiary/aromatic N) is 2. The first-order valence-electron chi connectivity index (χ1n) is 9.98. The van der Waals surface area contributed by atoms with Gasteiger partial charge in [0.1, 0.15) is 11.4 Å². The van der Waals surface area contributed by atoms with Gasteiger partial charge >= 0.3 is 0 Å². The van der Waals surface area contributed by atoms with Crippen molar-refractivity contribution < 1.29 is 4.42 Å². The summed E-state index contributed by atoms with van der Waals surface area (Å²) in [4.78, 5) is 31.4. The molecule has 0 aliphatic heterocycles. The van der Waals surface area contributed by atoms with Crippen molar-refractivity contribution in [2.24, 2.45) is 0 Å². The van der Waals surface area contributed by atoms with E-state index in [0.717, 1.165) is 10.0 Å². The SMILES string of the molecule is O=c1c2cc(Br)ccc2oc2nc(-c3ccc(Cl)cc3)n(CCc3ccccc3)c(=O)c12. The number of hydrogen-bond donors (Lipinski definition) is 0. The van der Waals surface area contributed by atoms with Gasteiger partial charge in [0.15, 0.2) is 5.39 Å². The summed E-state index contributed by atoms with van der Waals surface area (Å²) in [6.07, 6.45) is 0.610. The molecular formula is C25H16BrClN2O3. The second kappa shape index (κ2) is 8.37. The van der Waals surface area contributed by atoms with E-state index in [9.17, 15) is 9.59 Å². The van der Waals surface area contributed by atoms with Gasteiger partial charge in [-0.1, -0.05) is 57.9 Å². The zero-order valence-corrected chi connectivity index (χ0v) is 19.1. The Morgan fingerprint density at radius 2 is 1.72 bits per heavy atom. The van der Waals surface area contributed by atoms with Crippen molar-refractivity contribution in [2.45, 2.75) is 13.0 Å². The van der Waals surface area contributed by atoms with Crippen LogP contribution < -0.4 is 11.0 Å². The van der Waals surface area contributed by atoms with E-state index >= 15 is 0 Å². The number of aryl methyl sites for hydroxylation is 1. The minimum Gasteiger partial charge on any atom is -0.437 e.